The minimum absolute atomic E-state index is 0.292. The molecule has 0 atom stereocenters. The number of Topliss-reactive ketones (excluding diaryl/α,β-unsaturated/α-hetero) is 1. The average molecular weight is 267 g/mol. The van der Waals surface area contributed by atoms with E-state index in [1.807, 2.05) is 25.1 Å². The highest BCUT2D eigenvalue weighted by molar-refractivity contribution is 9.10. The number of hydrogen-bond donors (Lipinski definition) is 0. The van der Waals surface area contributed by atoms with E-state index in [0.29, 0.717) is 12.2 Å². The van der Waals surface area contributed by atoms with Gasteiger partial charge < -0.3 is 0 Å². The molecule has 0 spiro atoms. The van der Waals surface area contributed by atoms with Crippen molar-refractivity contribution >= 4 is 21.7 Å². The van der Waals surface area contributed by atoms with Crippen molar-refractivity contribution in [1.29, 1.82) is 0 Å². The topological polar surface area (TPSA) is 17.1 Å². The Morgan fingerprint density at radius 1 is 1.47 bits per heavy atom. The summed E-state index contributed by atoms with van der Waals surface area (Å²) in [6, 6.07) is 5.84. The maximum atomic E-state index is 11.9. The fourth-order valence-electron chi connectivity index (χ4n) is 1.79. The van der Waals surface area contributed by atoms with Crippen LogP contribution in [-0.4, -0.2) is 5.78 Å². The van der Waals surface area contributed by atoms with Crippen LogP contribution in [0.25, 0.3) is 0 Å². The fourth-order valence-corrected chi connectivity index (χ4v) is 2.15. The summed E-state index contributed by atoms with van der Waals surface area (Å²) in [5, 5.41) is 0. The third-order valence-corrected chi connectivity index (χ3v) is 3.90. The molecule has 1 saturated carbocycles. The zero-order chi connectivity index (χ0) is 10.8. The van der Waals surface area contributed by atoms with Gasteiger partial charge in [0, 0.05) is 16.5 Å². The summed E-state index contributed by atoms with van der Waals surface area (Å²) in [7, 11) is 0. The van der Waals surface area contributed by atoms with E-state index >= 15 is 0 Å². The Hall–Kier alpha value is -0.630. The number of carbonyl (C=O) groups is 1. The second-order valence-corrected chi connectivity index (χ2v) is 5.17. The van der Waals surface area contributed by atoms with Gasteiger partial charge in [-0.05, 0) is 30.9 Å². The predicted octanol–water partition coefficient (Wildman–Crippen LogP) is 4.13. The molecule has 80 valence electrons. The maximum absolute atomic E-state index is 11.9. The molecule has 2 heteroatoms. The molecule has 0 aromatic heterocycles. The molecule has 1 aromatic carbocycles. The standard InChI is InChI=1S/C13H15BrO/c1-9-11(3-2-4-12(9)14)13(15)8-7-10-5-6-10/h2-4,10H,5-8H2,1H3. The van der Waals surface area contributed by atoms with Crippen LogP contribution in [0.5, 0.6) is 0 Å². The van der Waals surface area contributed by atoms with Crippen molar-refractivity contribution in [2.24, 2.45) is 5.92 Å². The lowest BCUT2D eigenvalue weighted by atomic mass is 10.0. The van der Waals surface area contributed by atoms with Crippen molar-refractivity contribution in [1.82, 2.24) is 0 Å². The average Bonchev–Trinajstić information content (AvgIpc) is 3.02. The molecule has 1 fully saturated rings. The largest absolute Gasteiger partial charge is 0.294 e. The third kappa shape index (κ3) is 2.69. The van der Waals surface area contributed by atoms with E-state index in [4.69, 9.17) is 0 Å². The minimum atomic E-state index is 0.292. The second-order valence-electron chi connectivity index (χ2n) is 4.32. The lowest BCUT2D eigenvalue weighted by molar-refractivity contribution is 0.0977. The molecular formula is C13H15BrO. The number of carbonyl (C=O) groups excluding carboxylic acids is 1. The van der Waals surface area contributed by atoms with E-state index in [-0.39, 0.29) is 0 Å². The smallest absolute Gasteiger partial charge is 0.163 e. The summed E-state index contributed by atoms with van der Waals surface area (Å²) in [6.07, 6.45) is 4.43. The van der Waals surface area contributed by atoms with Gasteiger partial charge in [-0.25, -0.2) is 0 Å². The van der Waals surface area contributed by atoms with E-state index in [2.05, 4.69) is 15.9 Å². The number of hydrogen-bond acceptors (Lipinski definition) is 1. The monoisotopic (exact) mass is 266 g/mol. The molecule has 1 aromatic rings. The van der Waals surface area contributed by atoms with Gasteiger partial charge in [0.15, 0.2) is 5.78 Å². The molecule has 15 heavy (non-hydrogen) atoms. The first-order valence-corrected chi connectivity index (χ1v) is 6.26. The molecule has 0 amide bonds. The van der Waals surface area contributed by atoms with Crippen LogP contribution in [0.15, 0.2) is 22.7 Å². The molecule has 1 nitrogen and oxygen atoms in total. The third-order valence-electron chi connectivity index (χ3n) is 3.04. The molecule has 0 N–H and O–H groups in total. The highest BCUT2D eigenvalue weighted by Gasteiger charge is 2.22. The van der Waals surface area contributed by atoms with Gasteiger partial charge in [0.1, 0.15) is 0 Å². The van der Waals surface area contributed by atoms with E-state index in [1.165, 1.54) is 12.8 Å². The Morgan fingerprint density at radius 3 is 2.87 bits per heavy atom. The molecule has 1 aliphatic rings. The first kappa shape index (κ1) is 10.9. The highest BCUT2D eigenvalue weighted by Crippen LogP contribution is 2.34. The number of halogens is 1. The lowest BCUT2D eigenvalue weighted by Crippen LogP contribution is -2.02. The number of ketones is 1. The Balaban J connectivity index is 2.06. The first-order valence-electron chi connectivity index (χ1n) is 5.47. The zero-order valence-corrected chi connectivity index (χ0v) is 10.5. The van der Waals surface area contributed by atoms with Crippen LogP contribution < -0.4 is 0 Å². The van der Waals surface area contributed by atoms with Crippen LogP contribution in [0, 0.1) is 12.8 Å². The van der Waals surface area contributed by atoms with Gasteiger partial charge in [-0.15, -0.1) is 0 Å². The fraction of sp³-hybridized carbons (Fsp3) is 0.462. The van der Waals surface area contributed by atoms with Gasteiger partial charge in [-0.2, -0.15) is 0 Å². The normalized spacial score (nSPS) is 15.3. The molecule has 1 aliphatic carbocycles. The van der Waals surface area contributed by atoms with Crippen molar-refractivity contribution in [2.75, 3.05) is 0 Å². The summed E-state index contributed by atoms with van der Waals surface area (Å²) < 4.78 is 1.03. The van der Waals surface area contributed by atoms with Gasteiger partial charge in [-0.3, -0.25) is 4.79 Å². The zero-order valence-electron chi connectivity index (χ0n) is 8.92. The van der Waals surface area contributed by atoms with E-state index in [0.717, 1.165) is 27.9 Å². The van der Waals surface area contributed by atoms with E-state index < -0.39 is 0 Å². The second kappa shape index (κ2) is 4.48. The summed E-state index contributed by atoms with van der Waals surface area (Å²) in [5.41, 5.74) is 1.95. The predicted molar refractivity (Wildman–Crippen MR) is 65.2 cm³/mol. The number of benzene rings is 1. The lowest BCUT2D eigenvalue weighted by Gasteiger charge is -2.06. The van der Waals surface area contributed by atoms with Crippen LogP contribution in [0.3, 0.4) is 0 Å². The quantitative estimate of drug-likeness (QED) is 0.749. The molecular weight excluding hydrogens is 252 g/mol. The molecule has 0 heterocycles. The first-order chi connectivity index (χ1) is 7.18. The van der Waals surface area contributed by atoms with Crippen molar-refractivity contribution in [3.05, 3.63) is 33.8 Å². The van der Waals surface area contributed by atoms with Crippen molar-refractivity contribution < 1.29 is 4.79 Å². The summed E-state index contributed by atoms with van der Waals surface area (Å²) >= 11 is 3.45. The maximum Gasteiger partial charge on any atom is 0.163 e. The van der Waals surface area contributed by atoms with Crippen LogP contribution >= 0.6 is 15.9 Å². The Labute approximate surface area is 99.0 Å². The van der Waals surface area contributed by atoms with Crippen molar-refractivity contribution in [3.63, 3.8) is 0 Å². The van der Waals surface area contributed by atoms with Crippen molar-refractivity contribution in [3.8, 4) is 0 Å². The van der Waals surface area contributed by atoms with Gasteiger partial charge in [0.05, 0.1) is 0 Å². The van der Waals surface area contributed by atoms with Crippen LogP contribution in [0.2, 0.25) is 0 Å². The van der Waals surface area contributed by atoms with Crippen LogP contribution in [0.1, 0.15) is 41.6 Å². The minimum Gasteiger partial charge on any atom is -0.294 e. The summed E-state index contributed by atoms with van der Waals surface area (Å²) in [4.78, 5) is 11.9. The molecule has 0 radical (unpaired) electrons. The SMILES string of the molecule is Cc1c(Br)cccc1C(=O)CCC1CC1. The van der Waals surface area contributed by atoms with Crippen LogP contribution in [0.4, 0.5) is 0 Å². The Bertz CT molecular complexity index is 380. The Kier molecular flexibility index (Phi) is 3.25. The Morgan fingerprint density at radius 2 is 2.20 bits per heavy atom. The number of rotatable bonds is 4. The van der Waals surface area contributed by atoms with Crippen LogP contribution in [-0.2, 0) is 0 Å². The molecule has 0 unspecified atom stereocenters. The van der Waals surface area contributed by atoms with Gasteiger partial charge in [0.2, 0.25) is 0 Å². The molecule has 0 saturated heterocycles. The van der Waals surface area contributed by atoms with E-state index in [9.17, 15) is 4.79 Å². The summed E-state index contributed by atoms with van der Waals surface area (Å²) in [6.45, 7) is 1.99. The van der Waals surface area contributed by atoms with Crippen molar-refractivity contribution in [2.45, 2.75) is 32.6 Å². The van der Waals surface area contributed by atoms with Gasteiger partial charge >= 0.3 is 0 Å². The molecule has 2 rings (SSSR count). The molecule has 0 aliphatic heterocycles. The molecule has 0 bridgehead atoms. The van der Waals surface area contributed by atoms with E-state index in [1.54, 1.807) is 0 Å². The summed E-state index contributed by atoms with van der Waals surface area (Å²) in [5.74, 6) is 1.13. The van der Waals surface area contributed by atoms with Gasteiger partial charge in [0.25, 0.3) is 0 Å². The van der Waals surface area contributed by atoms with Gasteiger partial charge in [-0.1, -0.05) is 40.9 Å². The highest BCUT2D eigenvalue weighted by atomic mass is 79.9.